The van der Waals surface area contributed by atoms with Crippen LogP contribution in [0.2, 0.25) is 0 Å². The van der Waals surface area contributed by atoms with Gasteiger partial charge in [0.15, 0.2) is 0 Å². The van der Waals surface area contributed by atoms with E-state index < -0.39 is 0 Å². The zero-order valence-electron chi connectivity index (χ0n) is 26.5. The van der Waals surface area contributed by atoms with Crippen LogP contribution in [0.3, 0.4) is 0 Å². The molecule has 0 amide bonds. The second kappa shape index (κ2) is 11.9. The van der Waals surface area contributed by atoms with Crippen molar-refractivity contribution in [2.24, 2.45) is 11.8 Å². The van der Waals surface area contributed by atoms with E-state index in [1.165, 1.54) is 50.1 Å². The van der Waals surface area contributed by atoms with Gasteiger partial charge in [0.05, 0.1) is 5.52 Å². The van der Waals surface area contributed by atoms with Gasteiger partial charge in [0, 0.05) is 33.8 Å². The first kappa shape index (κ1) is 28.2. The normalized spacial score (nSPS) is 17.1. The van der Waals surface area contributed by atoms with Crippen LogP contribution in [0.1, 0.15) is 37.1 Å². The summed E-state index contributed by atoms with van der Waals surface area (Å²) in [5.41, 5.74) is 13.6. The Bertz CT molecular complexity index is 2090. The van der Waals surface area contributed by atoms with Crippen molar-refractivity contribution in [1.29, 1.82) is 0 Å². The molecule has 0 saturated carbocycles. The maximum Gasteiger partial charge on any atom is 0.0537 e. The molecular weight excluding hydrogens is 556 g/mol. The molecule has 5 aromatic carbocycles. The summed E-state index contributed by atoms with van der Waals surface area (Å²) in [6.45, 7) is 4.59. The van der Waals surface area contributed by atoms with E-state index in [4.69, 9.17) is 0 Å². The van der Waals surface area contributed by atoms with E-state index in [-0.39, 0.29) is 0 Å². The molecule has 1 aromatic heterocycles. The van der Waals surface area contributed by atoms with Crippen LogP contribution in [0.25, 0.3) is 39.4 Å². The summed E-state index contributed by atoms with van der Waals surface area (Å²) in [4.78, 5) is 2.36. The number of para-hydroxylation sites is 1. The molecule has 0 saturated heterocycles. The minimum absolute atomic E-state index is 0.538. The number of benzene rings is 5. The van der Waals surface area contributed by atoms with Crippen LogP contribution in [0.15, 0.2) is 152 Å². The third-order valence-electron chi connectivity index (χ3n) is 9.77. The van der Waals surface area contributed by atoms with Gasteiger partial charge < -0.3 is 9.47 Å². The molecule has 8 rings (SSSR count). The minimum Gasteiger partial charge on any atom is -0.311 e. The van der Waals surface area contributed by atoms with Crippen molar-refractivity contribution < 1.29 is 0 Å². The lowest BCUT2D eigenvalue weighted by atomic mass is 9.86. The van der Waals surface area contributed by atoms with Crippen molar-refractivity contribution in [3.05, 3.63) is 169 Å². The van der Waals surface area contributed by atoms with Gasteiger partial charge in [-0.05, 0) is 113 Å². The molecular formula is C44H38N2. The summed E-state index contributed by atoms with van der Waals surface area (Å²) < 4.78 is 2.42. The number of allylic oxidation sites excluding steroid dienone is 5. The van der Waals surface area contributed by atoms with Crippen molar-refractivity contribution in [2.75, 3.05) is 4.90 Å². The second-order valence-corrected chi connectivity index (χ2v) is 12.7. The highest BCUT2D eigenvalue weighted by Gasteiger charge is 2.19. The second-order valence-electron chi connectivity index (χ2n) is 12.7. The first-order chi connectivity index (χ1) is 22.6. The topological polar surface area (TPSA) is 8.17 Å². The van der Waals surface area contributed by atoms with Crippen molar-refractivity contribution in [3.8, 4) is 16.8 Å². The van der Waals surface area contributed by atoms with E-state index in [0.717, 1.165) is 29.9 Å². The largest absolute Gasteiger partial charge is 0.311 e. The predicted molar refractivity (Wildman–Crippen MR) is 196 cm³/mol. The van der Waals surface area contributed by atoms with Gasteiger partial charge in [-0.15, -0.1) is 0 Å². The van der Waals surface area contributed by atoms with Gasteiger partial charge in [0.1, 0.15) is 0 Å². The highest BCUT2D eigenvalue weighted by molar-refractivity contribution is 5.91. The van der Waals surface area contributed by atoms with Crippen LogP contribution in [-0.2, 0) is 6.42 Å². The summed E-state index contributed by atoms with van der Waals surface area (Å²) >= 11 is 0. The fourth-order valence-corrected chi connectivity index (χ4v) is 7.01. The Kier molecular flexibility index (Phi) is 7.27. The Hall–Kier alpha value is -5.34. The molecule has 0 bridgehead atoms. The van der Waals surface area contributed by atoms with E-state index in [2.05, 4.69) is 181 Å². The van der Waals surface area contributed by atoms with Gasteiger partial charge in [-0.1, -0.05) is 111 Å². The summed E-state index contributed by atoms with van der Waals surface area (Å²) in [5, 5.41) is 1.36. The van der Waals surface area contributed by atoms with Gasteiger partial charge in [0.25, 0.3) is 0 Å². The van der Waals surface area contributed by atoms with E-state index in [1.54, 1.807) is 0 Å². The molecule has 0 spiro atoms. The average molecular weight is 595 g/mol. The van der Waals surface area contributed by atoms with Crippen LogP contribution >= 0.6 is 0 Å². The number of aryl methyl sites for hydroxylation is 1. The number of hydrogen-bond acceptors (Lipinski definition) is 1. The minimum atomic E-state index is 0.538. The molecule has 224 valence electrons. The molecule has 2 heteroatoms. The van der Waals surface area contributed by atoms with E-state index in [1.807, 2.05) is 0 Å². The predicted octanol–water partition coefficient (Wildman–Crippen LogP) is 12.0. The molecule has 0 N–H and O–H groups in total. The average Bonchev–Trinajstić information content (AvgIpc) is 3.45. The van der Waals surface area contributed by atoms with Gasteiger partial charge in [0.2, 0.25) is 0 Å². The van der Waals surface area contributed by atoms with Crippen molar-refractivity contribution in [2.45, 2.75) is 26.7 Å². The molecule has 1 heterocycles. The summed E-state index contributed by atoms with van der Waals surface area (Å²) in [6.07, 6.45) is 13.8. The van der Waals surface area contributed by atoms with Crippen LogP contribution in [0, 0.1) is 11.8 Å². The molecule has 46 heavy (non-hydrogen) atoms. The zero-order chi connectivity index (χ0) is 31.0. The lowest BCUT2D eigenvalue weighted by Crippen LogP contribution is -2.10. The zero-order valence-corrected chi connectivity index (χ0v) is 26.5. The Morgan fingerprint density at radius 3 is 1.89 bits per heavy atom. The molecule has 2 aliphatic rings. The lowest BCUT2D eigenvalue weighted by Gasteiger charge is -2.26. The SMILES string of the molecule is CC1C=CC(c2ccc(N(c3ccc(-c4ccccc4)cc3)c3ccc(-n4c5c(c6ccccc64)CCC=C5)cc3)cc2)=CC1C. The number of rotatable bonds is 6. The Morgan fingerprint density at radius 2 is 1.20 bits per heavy atom. The van der Waals surface area contributed by atoms with Crippen molar-refractivity contribution >= 4 is 39.6 Å². The molecule has 0 radical (unpaired) electrons. The van der Waals surface area contributed by atoms with Gasteiger partial charge >= 0.3 is 0 Å². The molecule has 2 nitrogen and oxygen atoms in total. The van der Waals surface area contributed by atoms with Crippen LogP contribution in [0.4, 0.5) is 17.1 Å². The number of hydrogen-bond donors (Lipinski definition) is 0. The molecule has 2 unspecified atom stereocenters. The van der Waals surface area contributed by atoms with Gasteiger partial charge in [-0.25, -0.2) is 0 Å². The van der Waals surface area contributed by atoms with E-state index in [0.29, 0.717) is 11.8 Å². The first-order valence-corrected chi connectivity index (χ1v) is 16.5. The van der Waals surface area contributed by atoms with E-state index in [9.17, 15) is 0 Å². The summed E-state index contributed by atoms with van der Waals surface area (Å²) in [6, 6.07) is 46.4. The smallest absolute Gasteiger partial charge is 0.0537 e. The maximum absolute atomic E-state index is 2.42. The molecule has 0 fully saturated rings. The molecule has 2 atom stereocenters. The quantitative estimate of drug-likeness (QED) is 0.186. The number of nitrogens with zero attached hydrogens (tertiary/aromatic N) is 2. The Morgan fingerprint density at radius 1 is 0.587 bits per heavy atom. The van der Waals surface area contributed by atoms with Crippen LogP contribution in [-0.4, -0.2) is 4.57 Å². The number of anilines is 3. The highest BCUT2D eigenvalue weighted by atomic mass is 15.1. The van der Waals surface area contributed by atoms with Crippen molar-refractivity contribution in [1.82, 2.24) is 4.57 Å². The monoisotopic (exact) mass is 594 g/mol. The highest BCUT2D eigenvalue weighted by Crippen LogP contribution is 2.39. The van der Waals surface area contributed by atoms with Crippen LogP contribution < -0.4 is 4.90 Å². The standard InChI is InChI=1S/C44H38N2/c1-31-16-17-36(30-32(31)2)35-20-24-38(25-21-35)45(37-22-18-34(19-23-37)33-10-4-3-5-11-33)39-26-28-40(29-27-39)46-43-14-8-6-12-41(43)42-13-7-9-15-44(42)46/h3-6,8-12,14-32H,7,13H2,1-2H3. The maximum atomic E-state index is 2.42. The van der Waals surface area contributed by atoms with Crippen LogP contribution in [0.5, 0.6) is 0 Å². The first-order valence-electron chi connectivity index (χ1n) is 16.5. The molecule has 2 aliphatic carbocycles. The summed E-state index contributed by atoms with van der Waals surface area (Å²) in [5.74, 6) is 1.11. The fraction of sp³-hybridized carbons (Fsp3) is 0.136. The Balaban J connectivity index is 1.19. The summed E-state index contributed by atoms with van der Waals surface area (Å²) in [7, 11) is 0. The Labute approximate surface area is 272 Å². The third-order valence-corrected chi connectivity index (χ3v) is 9.77. The van der Waals surface area contributed by atoms with Gasteiger partial charge in [-0.2, -0.15) is 0 Å². The third kappa shape index (κ3) is 5.10. The number of aromatic nitrogens is 1. The number of fused-ring (bicyclic) bond motifs is 3. The van der Waals surface area contributed by atoms with Gasteiger partial charge in [-0.3, -0.25) is 0 Å². The van der Waals surface area contributed by atoms with E-state index >= 15 is 0 Å². The molecule has 6 aromatic rings. The molecule has 0 aliphatic heterocycles. The fourth-order valence-electron chi connectivity index (χ4n) is 7.01. The lowest BCUT2D eigenvalue weighted by molar-refractivity contribution is 0.554. The van der Waals surface area contributed by atoms with Crippen molar-refractivity contribution in [3.63, 3.8) is 0 Å².